The summed E-state index contributed by atoms with van der Waals surface area (Å²) in [6.07, 6.45) is 1.51. The summed E-state index contributed by atoms with van der Waals surface area (Å²) in [6.45, 7) is 16.5. The van der Waals surface area contributed by atoms with Crippen molar-refractivity contribution in [1.82, 2.24) is 0 Å². The van der Waals surface area contributed by atoms with Crippen LogP contribution in [0.3, 0.4) is 0 Å². The highest BCUT2D eigenvalue weighted by Crippen LogP contribution is 2.32. The molecule has 1 N–H and O–H groups in total. The highest BCUT2D eigenvalue weighted by atomic mass is 16.5. The second-order valence-electron chi connectivity index (χ2n) is 8.45. The first-order chi connectivity index (χ1) is 12.0. The van der Waals surface area contributed by atoms with E-state index in [2.05, 4.69) is 33.0 Å². The molecule has 0 radical (unpaired) electrons. The van der Waals surface area contributed by atoms with Crippen LogP contribution in [0.5, 0.6) is 5.75 Å². The first kappa shape index (κ1) is 22.5. The summed E-state index contributed by atoms with van der Waals surface area (Å²) in [7, 11) is 1.64. The van der Waals surface area contributed by atoms with E-state index in [4.69, 9.17) is 9.47 Å². The molecule has 1 aromatic rings. The molecule has 0 fully saturated rings. The van der Waals surface area contributed by atoms with Crippen LogP contribution in [0.15, 0.2) is 12.1 Å². The lowest BCUT2D eigenvalue weighted by molar-refractivity contribution is -0.142. The number of rotatable bonds is 9. The van der Waals surface area contributed by atoms with Gasteiger partial charge in [-0.05, 0) is 75.6 Å². The Morgan fingerprint density at radius 1 is 1.00 bits per heavy atom. The number of benzene rings is 1. The normalized spacial score (nSPS) is 12.2. The zero-order valence-corrected chi connectivity index (χ0v) is 18.0. The van der Waals surface area contributed by atoms with Crippen molar-refractivity contribution in [1.29, 1.82) is 0 Å². The van der Waals surface area contributed by atoms with Gasteiger partial charge in [-0.2, -0.15) is 0 Å². The molecule has 148 valence electrons. The van der Waals surface area contributed by atoms with Gasteiger partial charge in [0.05, 0.1) is 6.10 Å². The zero-order chi connectivity index (χ0) is 20.1. The van der Waals surface area contributed by atoms with E-state index in [-0.39, 0.29) is 12.0 Å². The maximum absolute atomic E-state index is 13.2. The number of hydrogen-bond donors (Lipinski definition) is 1. The molecule has 1 amide bonds. The Bertz CT molecular complexity index is 572. The van der Waals surface area contributed by atoms with Gasteiger partial charge in [-0.15, -0.1) is 0 Å². The van der Waals surface area contributed by atoms with Gasteiger partial charge in [-0.1, -0.05) is 27.7 Å². The molecule has 0 aliphatic rings. The molecule has 0 saturated carbocycles. The van der Waals surface area contributed by atoms with Gasteiger partial charge in [0.25, 0.3) is 5.91 Å². The van der Waals surface area contributed by atoms with Crippen molar-refractivity contribution in [3.8, 4) is 5.75 Å². The van der Waals surface area contributed by atoms with Gasteiger partial charge in [-0.25, -0.2) is 0 Å². The number of amides is 1. The molecule has 0 saturated heterocycles. The third-order valence-electron chi connectivity index (χ3n) is 4.35. The van der Waals surface area contributed by atoms with Gasteiger partial charge in [0.2, 0.25) is 0 Å². The van der Waals surface area contributed by atoms with E-state index in [9.17, 15) is 4.79 Å². The van der Waals surface area contributed by atoms with E-state index in [0.717, 1.165) is 22.6 Å². The molecule has 4 nitrogen and oxygen atoms in total. The van der Waals surface area contributed by atoms with Gasteiger partial charge in [0, 0.05) is 12.8 Å². The van der Waals surface area contributed by atoms with Crippen molar-refractivity contribution in [2.75, 3.05) is 12.4 Å². The van der Waals surface area contributed by atoms with Crippen LogP contribution in [0.4, 0.5) is 5.69 Å². The van der Waals surface area contributed by atoms with E-state index in [1.165, 1.54) is 0 Å². The molecule has 0 heterocycles. The number of carbonyl (C=O) groups excluding carboxylic acids is 1. The van der Waals surface area contributed by atoms with Crippen LogP contribution in [-0.2, 0) is 9.53 Å². The molecular weight excluding hydrogens is 326 g/mol. The summed E-state index contributed by atoms with van der Waals surface area (Å²) >= 11 is 0. The minimum absolute atomic E-state index is 0.0706. The number of anilines is 1. The Morgan fingerprint density at radius 2 is 1.46 bits per heavy atom. The molecule has 0 aromatic heterocycles. The van der Waals surface area contributed by atoms with Gasteiger partial charge in [-0.3, -0.25) is 4.79 Å². The monoisotopic (exact) mass is 363 g/mol. The lowest BCUT2D eigenvalue weighted by atomic mass is 9.84. The fourth-order valence-corrected chi connectivity index (χ4v) is 3.54. The second kappa shape index (κ2) is 9.40. The molecule has 0 aliphatic carbocycles. The smallest absolute Gasteiger partial charge is 0.256 e. The van der Waals surface area contributed by atoms with Crippen molar-refractivity contribution in [3.05, 3.63) is 23.3 Å². The van der Waals surface area contributed by atoms with Crippen LogP contribution in [0.1, 0.15) is 65.5 Å². The van der Waals surface area contributed by atoms with Crippen LogP contribution in [0.25, 0.3) is 0 Å². The summed E-state index contributed by atoms with van der Waals surface area (Å²) in [6, 6.07) is 3.93. The number of methoxy groups -OCH3 is 1. The molecule has 0 spiro atoms. The SMILES string of the molecule is COC(CC(C)C)(CC(C)C)C(=O)Nc1cc(C)c(OC(C)C)c(C)c1. The van der Waals surface area contributed by atoms with Crippen LogP contribution < -0.4 is 10.1 Å². The molecule has 0 unspecified atom stereocenters. The average molecular weight is 364 g/mol. The predicted molar refractivity (Wildman–Crippen MR) is 109 cm³/mol. The topological polar surface area (TPSA) is 47.6 Å². The van der Waals surface area contributed by atoms with Gasteiger partial charge < -0.3 is 14.8 Å². The first-order valence-corrected chi connectivity index (χ1v) is 9.65. The Kier molecular flexibility index (Phi) is 8.14. The fourth-order valence-electron chi connectivity index (χ4n) is 3.54. The van der Waals surface area contributed by atoms with Crippen LogP contribution in [0, 0.1) is 25.7 Å². The number of nitrogens with one attached hydrogen (secondary N) is 1. The molecule has 0 atom stereocenters. The number of hydrogen-bond acceptors (Lipinski definition) is 3. The lowest BCUT2D eigenvalue weighted by Crippen LogP contribution is -2.47. The summed E-state index contributed by atoms with van der Waals surface area (Å²) < 4.78 is 11.7. The van der Waals surface area contributed by atoms with E-state index in [1.807, 2.05) is 39.8 Å². The standard InChI is InChI=1S/C22H37NO3/c1-14(2)12-22(25-9,13-15(3)4)21(24)23-19-10-17(7)20(18(8)11-19)26-16(5)6/h10-11,14-16H,12-13H2,1-9H3,(H,23,24). The third kappa shape index (κ3) is 6.01. The minimum Gasteiger partial charge on any atom is -0.490 e. The first-order valence-electron chi connectivity index (χ1n) is 9.65. The number of ether oxygens (including phenoxy) is 2. The zero-order valence-electron chi connectivity index (χ0n) is 18.0. The van der Waals surface area contributed by atoms with Crippen molar-refractivity contribution in [2.45, 2.75) is 79.9 Å². The number of aryl methyl sites for hydroxylation is 2. The van der Waals surface area contributed by atoms with Crippen LogP contribution >= 0.6 is 0 Å². The third-order valence-corrected chi connectivity index (χ3v) is 4.35. The number of carbonyl (C=O) groups is 1. The molecule has 1 aromatic carbocycles. The largest absolute Gasteiger partial charge is 0.490 e. The van der Waals surface area contributed by atoms with Crippen molar-refractivity contribution in [2.24, 2.45) is 11.8 Å². The lowest BCUT2D eigenvalue weighted by Gasteiger charge is -2.34. The summed E-state index contributed by atoms with van der Waals surface area (Å²) in [5.74, 6) is 1.55. The van der Waals surface area contributed by atoms with Crippen LogP contribution in [-0.4, -0.2) is 24.7 Å². The molecule has 26 heavy (non-hydrogen) atoms. The molecule has 0 aliphatic heterocycles. The minimum atomic E-state index is -0.808. The highest BCUT2D eigenvalue weighted by molar-refractivity contribution is 5.97. The summed E-state index contributed by atoms with van der Waals surface area (Å²) in [5.41, 5.74) is 2.02. The molecule has 0 bridgehead atoms. The van der Waals surface area contributed by atoms with E-state index >= 15 is 0 Å². The van der Waals surface area contributed by atoms with E-state index in [0.29, 0.717) is 24.7 Å². The van der Waals surface area contributed by atoms with Crippen molar-refractivity contribution in [3.63, 3.8) is 0 Å². The van der Waals surface area contributed by atoms with Crippen LogP contribution in [0.2, 0.25) is 0 Å². The maximum atomic E-state index is 13.2. The molecule has 1 rings (SSSR count). The molecule has 4 heteroatoms. The Labute approximate surface area is 159 Å². The Morgan fingerprint density at radius 3 is 1.81 bits per heavy atom. The van der Waals surface area contributed by atoms with Gasteiger partial charge in [0.15, 0.2) is 0 Å². The van der Waals surface area contributed by atoms with Crippen molar-refractivity contribution >= 4 is 11.6 Å². The van der Waals surface area contributed by atoms with Crippen molar-refractivity contribution < 1.29 is 14.3 Å². The molecular formula is C22H37NO3. The summed E-state index contributed by atoms with van der Waals surface area (Å²) in [4.78, 5) is 13.2. The van der Waals surface area contributed by atoms with E-state index < -0.39 is 5.60 Å². The fraction of sp³-hybridized carbons (Fsp3) is 0.682. The average Bonchev–Trinajstić information content (AvgIpc) is 2.48. The predicted octanol–water partition coefficient (Wildman–Crippen LogP) is 5.51. The summed E-state index contributed by atoms with van der Waals surface area (Å²) in [5, 5.41) is 3.09. The maximum Gasteiger partial charge on any atom is 0.256 e. The van der Waals surface area contributed by atoms with E-state index in [1.54, 1.807) is 7.11 Å². The Balaban J connectivity index is 3.12. The second-order valence-corrected chi connectivity index (χ2v) is 8.45. The Hall–Kier alpha value is -1.55. The van der Waals surface area contributed by atoms with Gasteiger partial charge >= 0.3 is 0 Å². The van der Waals surface area contributed by atoms with Gasteiger partial charge in [0.1, 0.15) is 11.4 Å². The highest BCUT2D eigenvalue weighted by Gasteiger charge is 2.39. The quantitative estimate of drug-likeness (QED) is 0.629.